The van der Waals surface area contributed by atoms with Crippen molar-refractivity contribution in [1.29, 1.82) is 0 Å². The van der Waals surface area contributed by atoms with Crippen LogP contribution in [0.2, 0.25) is 5.02 Å². The van der Waals surface area contributed by atoms with E-state index in [1.807, 2.05) is 5.48 Å². The average molecular weight is 292 g/mol. The van der Waals surface area contributed by atoms with Gasteiger partial charge in [0.1, 0.15) is 5.75 Å². The first-order valence-corrected chi connectivity index (χ1v) is 6.02. The lowest BCUT2D eigenvalue weighted by Gasteiger charge is -2.06. The molecule has 0 fully saturated rings. The molecular weight excluding hydrogens is 282 g/mol. The molecule has 0 saturated heterocycles. The predicted molar refractivity (Wildman–Crippen MR) is 72.5 cm³/mol. The SMILES string of the molecule is O=C(NOC(=O)c1ccc(Cl)cc1)Oc1ccccc1. The van der Waals surface area contributed by atoms with Crippen molar-refractivity contribution in [3.05, 3.63) is 65.2 Å². The fraction of sp³-hybridized carbons (Fsp3) is 0. The first kappa shape index (κ1) is 13.9. The number of benzene rings is 2. The number of carbonyl (C=O) groups is 2. The topological polar surface area (TPSA) is 64.6 Å². The lowest BCUT2D eigenvalue weighted by atomic mass is 10.2. The van der Waals surface area contributed by atoms with Crippen molar-refractivity contribution >= 4 is 23.7 Å². The molecule has 6 heteroatoms. The molecule has 0 heterocycles. The first-order valence-electron chi connectivity index (χ1n) is 5.65. The summed E-state index contributed by atoms with van der Waals surface area (Å²) < 4.78 is 4.87. The Morgan fingerprint density at radius 1 is 0.950 bits per heavy atom. The van der Waals surface area contributed by atoms with Gasteiger partial charge in [0.25, 0.3) is 0 Å². The number of carbonyl (C=O) groups excluding carboxylic acids is 2. The van der Waals surface area contributed by atoms with Crippen LogP contribution in [0.25, 0.3) is 0 Å². The molecule has 0 atom stereocenters. The highest BCUT2D eigenvalue weighted by Crippen LogP contribution is 2.10. The third kappa shape index (κ3) is 4.00. The summed E-state index contributed by atoms with van der Waals surface area (Å²) in [7, 11) is 0. The number of hydroxylamine groups is 1. The zero-order valence-electron chi connectivity index (χ0n) is 10.2. The van der Waals surface area contributed by atoms with Crippen LogP contribution in [-0.4, -0.2) is 12.1 Å². The highest BCUT2D eigenvalue weighted by Gasteiger charge is 2.10. The van der Waals surface area contributed by atoms with E-state index >= 15 is 0 Å². The number of hydrogen-bond donors (Lipinski definition) is 1. The van der Waals surface area contributed by atoms with Crippen LogP contribution in [0.5, 0.6) is 5.75 Å². The monoisotopic (exact) mass is 291 g/mol. The summed E-state index contributed by atoms with van der Waals surface area (Å²) in [5.74, 6) is -0.376. The van der Waals surface area contributed by atoms with Gasteiger partial charge in [0.05, 0.1) is 5.56 Å². The lowest BCUT2D eigenvalue weighted by molar-refractivity contribution is 0.0276. The summed E-state index contributed by atoms with van der Waals surface area (Å²) in [6.07, 6.45) is -0.890. The van der Waals surface area contributed by atoms with Crippen molar-refractivity contribution in [2.75, 3.05) is 0 Å². The summed E-state index contributed by atoms with van der Waals surface area (Å²) in [6.45, 7) is 0. The maximum atomic E-state index is 11.6. The van der Waals surface area contributed by atoms with Crippen LogP contribution >= 0.6 is 11.6 Å². The Bertz CT molecular complexity index is 598. The second-order valence-corrected chi connectivity index (χ2v) is 4.14. The van der Waals surface area contributed by atoms with Crippen LogP contribution in [0.3, 0.4) is 0 Å². The van der Waals surface area contributed by atoms with Crippen LogP contribution in [0.15, 0.2) is 54.6 Å². The van der Waals surface area contributed by atoms with Gasteiger partial charge in [0.2, 0.25) is 0 Å². The molecule has 0 spiro atoms. The molecule has 1 amide bonds. The fourth-order valence-corrected chi connectivity index (χ4v) is 1.48. The molecule has 0 bridgehead atoms. The van der Waals surface area contributed by atoms with Crippen LogP contribution in [0, 0.1) is 0 Å². The molecule has 0 saturated carbocycles. The number of nitrogens with one attached hydrogen (secondary N) is 1. The summed E-state index contributed by atoms with van der Waals surface area (Å²) >= 11 is 5.69. The van der Waals surface area contributed by atoms with E-state index in [1.165, 1.54) is 12.1 Å². The zero-order chi connectivity index (χ0) is 14.4. The summed E-state index contributed by atoms with van der Waals surface area (Å²) in [6, 6.07) is 14.4. The smallest absolute Gasteiger partial charge is 0.408 e. The molecule has 1 N–H and O–H groups in total. The molecule has 0 radical (unpaired) electrons. The van der Waals surface area contributed by atoms with E-state index in [0.717, 1.165) is 0 Å². The molecule has 0 aliphatic heterocycles. The second kappa shape index (κ2) is 6.58. The van der Waals surface area contributed by atoms with E-state index in [2.05, 4.69) is 4.84 Å². The molecule has 0 aliphatic rings. The molecule has 2 rings (SSSR count). The minimum absolute atomic E-state index is 0.259. The molecule has 2 aromatic carbocycles. The Hall–Kier alpha value is -2.53. The van der Waals surface area contributed by atoms with Crippen molar-refractivity contribution in [3.63, 3.8) is 0 Å². The third-order valence-electron chi connectivity index (χ3n) is 2.26. The number of ether oxygens (including phenoxy) is 1. The highest BCUT2D eigenvalue weighted by molar-refractivity contribution is 6.30. The van der Waals surface area contributed by atoms with E-state index in [4.69, 9.17) is 16.3 Å². The van der Waals surface area contributed by atoms with Gasteiger partial charge in [-0.1, -0.05) is 29.8 Å². The number of para-hydroxylation sites is 1. The number of amides is 1. The van der Waals surface area contributed by atoms with Gasteiger partial charge in [-0.15, -0.1) is 5.48 Å². The average Bonchev–Trinajstić information content (AvgIpc) is 2.46. The maximum absolute atomic E-state index is 11.6. The highest BCUT2D eigenvalue weighted by atomic mass is 35.5. The lowest BCUT2D eigenvalue weighted by Crippen LogP contribution is -2.29. The van der Waals surface area contributed by atoms with Gasteiger partial charge in [0.15, 0.2) is 0 Å². The summed E-state index contributed by atoms with van der Waals surface area (Å²) in [4.78, 5) is 27.5. The molecular formula is C14H10ClNO4. The Kier molecular flexibility index (Phi) is 4.57. The van der Waals surface area contributed by atoms with Gasteiger partial charge in [-0.25, -0.2) is 9.59 Å². The van der Waals surface area contributed by atoms with Crippen molar-refractivity contribution in [2.24, 2.45) is 0 Å². The van der Waals surface area contributed by atoms with E-state index in [0.29, 0.717) is 10.8 Å². The zero-order valence-corrected chi connectivity index (χ0v) is 11.0. The van der Waals surface area contributed by atoms with E-state index in [1.54, 1.807) is 42.5 Å². The minimum Gasteiger partial charge on any atom is -0.408 e. The van der Waals surface area contributed by atoms with E-state index in [-0.39, 0.29) is 5.56 Å². The molecule has 20 heavy (non-hydrogen) atoms. The van der Waals surface area contributed by atoms with Crippen LogP contribution in [-0.2, 0) is 4.84 Å². The Morgan fingerprint density at radius 3 is 2.25 bits per heavy atom. The third-order valence-corrected chi connectivity index (χ3v) is 2.51. The van der Waals surface area contributed by atoms with Gasteiger partial charge in [-0.3, -0.25) is 0 Å². The number of hydrogen-bond acceptors (Lipinski definition) is 4. The standard InChI is InChI=1S/C14H10ClNO4/c15-11-8-6-10(7-9-11)13(17)20-16-14(18)19-12-4-2-1-3-5-12/h1-9H,(H,16,18). The maximum Gasteiger partial charge on any atom is 0.446 e. The van der Waals surface area contributed by atoms with Crippen molar-refractivity contribution in [3.8, 4) is 5.75 Å². The fourth-order valence-electron chi connectivity index (χ4n) is 1.35. The summed E-state index contributed by atoms with van der Waals surface area (Å²) in [5.41, 5.74) is 2.16. The molecule has 102 valence electrons. The van der Waals surface area contributed by atoms with Gasteiger partial charge in [0, 0.05) is 5.02 Å². The van der Waals surface area contributed by atoms with E-state index < -0.39 is 12.1 Å². The number of halogens is 1. The van der Waals surface area contributed by atoms with Crippen LogP contribution in [0.1, 0.15) is 10.4 Å². The molecule has 0 aromatic heterocycles. The van der Waals surface area contributed by atoms with Crippen molar-refractivity contribution in [2.45, 2.75) is 0 Å². The van der Waals surface area contributed by atoms with Gasteiger partial charge in [-0.05, 0) is 36.4 Å². The Balaban J connectivity index is 1.84. The van der Waals surface area contributed by atoms with Gasteiger partial charge in [-0.2, -0.15) is 0 Å². The second-order valence-electron chi connectivity index (χ2n) is 3.70. The quantitative estimate of drug-likeness (QED) is 0.863. The van der Waals surface area contributed by atoms with Gasteiger partial charge >= 0.3 is 12.1 Å². The normalized spacial score (nSPS) is 9.65. The summed E-state index contributed by atoms with van der Waals surface area (Å²) in [5, 5.41) is 0.498. The largest absolute Gasteiger partial charge is 0.446 e. The number of rotatable bonds is 2. The molecule has 0 unspecified atom stereocenters. The van der Waals surface area contributed by atoms with Crippen molar-refractivity contribution < 1.29 is 19.2 Å². The van der Waals surface area contributed by atoms with Gasteiger partial charge < -0.3 is 9.57 Å². The Morgan fingerprint density at radius 2 is 1.60 bits per heavy atom. The van der Waals surface area contributed by atoms with Crippen LogP contribution < -0.4 is 10.2 Å². The first-order chi connectivity index (χ1) is 9.65. The van der Waals surface area contributed by atoms with Crippen molar-refractivity contribution in [1.82, 2.24) is 5.48 Å². The van der Waals surface area contributed by atoms with E-state index in [9.17, 15) is 9.59 Å². The minimum atomic E-state index is -0.890. The molecule has 2 aromatic rings. The predicted octanol–water partition coefficient (Wildman–Crippen LogP) is 3.20. The molecule has 5 nitrogen and oxygen atoms in total. The molecule has 0 aliphatic carbocycles. The van der Waals surface area contributed by atoms with Crippen LogP contribution in [0.4, 0.5) is 4.79 Å². The Labute approximate surface area is 120 Å².